The summed E-state index contributed by atoms with van der Waals surface area (Å²) in [5, 5.41) is 9.69. The fraction of sp³-hybridized carbons (Fsp3) is 1.00. The number of aliphatic hydroxyl groups excluding tert-OH is 1. The largest absolute Gasteiger partial charge is 0.394 e. The Labute approximate surface area is 98.8 Å². The molecular weight excluding hydrogens is 233 g/mol. The molecule has 0 spiro atoms. The second-order valence-electron chi connectivity index (χ2n) is 5.26. The molecule has 0 aromatic rings. The maximum absolute atomic E-state index is 12.6. The van der Waals surface area contributed by atoms with Crippen molar-refractivity contribution in [3.63, 3.8) is 0 Å². The molecule has 2 rings (SSSR count). The van der Waals surface area contributed by atoms with Gasteiger partial charge in [-0.2, -0.15) is 13.2 Å². The van der Waals surface area contributed by atoms with Gasteiger partial charge in [0.05, 0.1) is 12.0 Å². The van der Waals surface area contributed by atoms with Gasteiger partial charge in [-0.05, 0) is 18.8 Å². The van der Waals surface area contributed by atoms with Crippen LogP contribution in [0.15, 0.2) is 0 Å². The number of fused-ring (bicyclic) bond motifs is 1. The topological polar surface area (TPSA) is 49.5 Å². The van der Waals surface area contributed by atoms with Crippen LogP contribution in [-0.2, 0) is 0 Å². The fourth-order valence-corrected chi connectivity index (χ4v) is 3.10. The Morgan fingerprint density at radius 3 is 2.53 bits per heavy atom. The lowest BCUT2D eigenvalue weighted by molar-refractivity contribution is -0.175. The summed E-state index contributed by atoms with van der Waals surface area (Å²) in [5.41, 5.74) is 5.18. The van der Waals surface area contributed by atoms with E-state index >= 15 is 0 Å². The van der Waals surface area contributed by atoms with Gasteiger partial charge in [0.1, 0.15) is 0 Å². The Morgan fingerprint density at radius 2 is 2.00 bits per heavy atom. The van der Waals surface area contributed by atoms with E-state index in [0.717, 1.165) is 12.8 Å². The minimum atomic E-state index is -4.22. The lowest BCUT2D eigenvalue weighted by atomic mass is 10.00. The Kier molecular flexibility index (Phi) is 3.66. The van der Waals surface area contributed by atoms with E-state index in [0.29, 0.717) is 19.0 Å². The monoisotopic (exact) mass is 252 g/mol. The molecule has 1 aliphatic carbocycles. The molecule has 6 heteroatoms. The van der Waals surface area contributed by atoms with Crippen LogP contribution in [-0.4, -0.2) is 48.5 Å². The first-order valence-electron chi connectivity index (χ1n) is 6.09. The maximum Gasteiger partial charge on any atom is 0.394 e. The molecule has 0 bridgehead atoms. The van der Waals surface area contributed by atoms with Gasteiger partial charge in [-0.15, -0.1) is 0 Å². The second kappa shape index (κ2) is 4.74. The highest BCUT2D eigenvalue weighted by Crippen LogP contribution is 2.39. The molecule has 2 aliphatic rings. The van der Waals surface area contributed by atoms with E-state index < -0.39 is 12.1 Å². The molecule has 1 saturated carbocycles. The summed E-state index contributed by atoms with van der Waals surface area (Å²) in [4.78, 5) is 1.81. The molecule has 3 N–H and O–H groups in total. The normalized spacial score (nSPS) is 36.2. The molecule has 2 fully saturated rings. The van der Waals surface area contributed by atoms with Crippen LogP contribution in [0.5, 0.6) is 0 Å². The first-order chi connectivity index (χ1) is 7.91. The van der Waals surface area contributed by atoms with Gasteiger partial charge in [0.25, 0.3) is 0 Å². The van der Waals surface area contributed by atoms with E-state index in [1.165, 1.54) is 0 Å². The van der Waals surface area contributed by atoms with Crippen molar-refractivity contribution in [2.75, 3.05) is 26.2 Å². The SMILES string of the molecule is NCC(CN1CC2CCC(O)C2C1)C(F)(F)F. The third-order valence-corrected chi connectivity index (χ3v) is 4.12. The molecule has 0 aromatic heterocycles. The van der Waals surface area contributed by atoms with Crippen LogP contribution in [0, 0.1) is 17.8 Å². The minimum Gasteiger partial charge on any atom is -0.393 e. The van der Waals surface area contributed by atoms with Crippen LogP contribution in [0.1, 0.15) is 12.8 Å². The van der Waals surface area contributed by atoms with E-state index in [-0.39, 0.29) is 25.1 Å². The summed E-state index contributed by atoms with van der Waals surface area (Å²) in [6, 6.07) is 0. The van der Waals surface area contributed by atoms with Crippen molar-refractivity contribution in [3.8, 4) is 0 Å². The van der Waals surface area contributed by atoms with Gasteiger partial charge in [-0.25, -0.2) is 0 Å². The summed E-state index contributed by atoms with van der Waals surface area (Å²) >= 11 is 0. The molecule has 1 aliphatic heterocycles. The molecule has 1 heterocycles. The number of nitrogens with zero attached hydrogens (tertiary/aromatic N) is 1. The second-order valence-corrected chi connectivity index (χ2v) is 5.26. The van der Waals surface area contributed by atoms with Crippen LogP contribution in [0.2, 0.25) is 0 Å². The lowest BCUT2D eigenvalue weighted by Crippen LogP contribution is -2.40. The number of aliphatic hydroxyl groups is 1. The summed E-state index contributed by atoms with van der Waals surface area (Å²) in [5.74, 6) is -0.906. The quantitative estimate of drug-likeness (QED) is 0.782. The Bertz CT molecular complexity index is 272. The zero-order valence-corrected chi connectivity index (χ0v) is 9.66. The number of alkyl halides is 3. The molecule has 4 atom stereocenters. The Morgan fingerprint density at radius 1 is 1.29 bits per heavy atom. The third-order valence-electron chi connectivity index (χ3n) is 4.12. The Balaban J connectivity index is 1.89. The smallest absolute Gasteiger partial charge is 0.393 e. The van der Waals surface area contributed by atoms with Crippen LogP contribution < -0.4 is 5.73 Å². The fourth-order valence-electron chi connectivity index (χ4n) is 3.10. The zero-order chi connectivity index (χ0) is 12.6. The van der Waals surface area contributed by atoms with Crippen molar-refractivity contribution in [3.05, 3.63) is 0 Å². The van der Waals surface area contributed by atoms with Gasteiger partial charge >= 0.3 is 6.18 Å². The molecular formula is C11H19F3N2O. The van der Waals surface area contributed by atoms with Gasteiger partial charge < -0.3 is 15.7 Å². The van der Waals surface area contributed by atoms with Crippen molar-refractivity contribution in [1.82, 2.24) is 4.90 Å². The van der Waals surface area contributed by atoms with Crippen LogP contribution in [0.25, 0.3) is 0 Å². The summed E-state index contributed by atoms with van der Waals surface area (Å²) < 4.78 is 37.8. The first-order valence-corrected chi connectivity index (χ1v) is 6.09. The van der Waals surface area contributed by atoms with Crippen molar-refractivity contribution in [2.45, 2.75) is 25.1 Å². The zero-order valence-electron chi connectivity index (χ0n) is 9.66. The molecule has 0 amide bonds. The predicted octanol–water partition coefficient (Wildman–Crippen LogP) is 0.826. The average molecular weight is 252 g/mol. The van der Waals surface area contributed by atoms with E-state index in [1.807, 2.05) is 4.90 Å². The number of likely N-dealkylation sites (tertiary alicyclic amines) is 1. The van der Waals surface area contributed by atoms with Crippen molar-refractivity contribution >= 4 is 0 Å². The van der Waals surface area contributed by atoms with Crippen LogP contribution >= 0.6 is 0 Å². The maximum atomic E-state index is 12.6. The molecule has 1 saturated heterocycles. The van der Waals surface area contributed by atoms with E-state index in [2.05, 4.69) is 0 Å². The molecule has 17 heavy (non-hydrogen) atoms. The Hall–Kier alpha value is -0.330. The van der Waals surface area contributed by atoms with Gasteiger partial charge in [0, 0.05) is 32.1 Å². The number of nitrogens with two attached hydrogens (primary N) is 1. The molecule has 0 aromatic carbocycles. The van der Waals surface area contributed by atoms with E-state index in [9.17, 15) is 18.3 Å². The van der Waals surface area contributed by atoms with Crippen molar-refractivity contribution < 1.29 is 18.3 Å². The molecule has 0 radical (unpaired) electrons. The van der Waals surface area contributed by atoms with Gasteiger partial charge in [-0.3, -0.25) is 0 Å². The van der Waals surface area contributed by atoms with Crippen LogP contribution in [0.4, 0.5) is 13.2 Å². The number of hydrogen-bond donors (Lipinski definition) is 2. The van der Waals surface area contributed by atoms with E-state index in [4.69, 9.17) is 5.73 Å². The first kappa shape index (κ1) is 13.1. The highest BCUT2D eigenvalue weighted by molar-refractivity contribution is 4.94. The highest BCUT2D eigenvalue weighted by Gasteiger charge is 2.45. The summed E-state index contributed by atoms with van der Waals surface area (Å²) in [6.07, 6.45) is -2.82. The van der Waals surface area contributed by atoms with Crippen molar-refractivity contribution in [1.29, 1.82) is 0 Å². The van der Waals surface area contributed by atoms with E-state index in [1.54, 1.807) is 0 Å². The number of hydrogen-bond acceptors (Lipinski definition) is 3. The standard InChI is InChI=1S/C11H19F3N2O/c12-11(13,14)8(3-15)5-16-4-7-1-2-10(17)9(7)6-16/h7-10,17H,1-6,15H2. The van der Waals surface area contributed by atoms with Gasteiger partial charge in [0.15, 0.2) is 0 Å². The molecule has 3 nitrogen and oxygen atoms in total. The van der Waals surface area contributed by atoms with Gasteiger partial charge in [-0.1, -0.05) is 0 Å². The minimum absolute atomic E-state index is 0.0281. The summed E-state index contributed by atoms with van der Waals surface area (Å²) in [6.45, 7) is 0.865. The number of halogens is 3. The number of rotatable bonds is 3. The third kappa shape index (κ3) is 2.74. The molecule has 100 valence electrons. The molecule has 4 unspecified atom stereocenters. The van der Waals surface area contributed by atoms with Gasteiger partial charge in [0.2, 0.25) is 0 Å². The highest BCUT2D eigenvalue weighted by atomic mass is 19.4. The average Bonchev–Trinajstić information content (AvgIpc) is 2.76. The van der Waals surface area contributed by atoms with Crippen molar-refractivity contribution in [2.24, 2.45) is 23.5 Å². The predicted molar refractivity (Wildman–Crippen MR) is 57.3 cm³/mol. The summed E-state index contributed by atoms with van der Waals surface area (Å²) in [7, 11) is 0. The lowest BCUT2D eigenvalue weighted by Gasteiger charge is -2.25. The van der Waals surface area contributed by atoms with Crippen LogP contribution in [0.3, 0.4) is 0 Å².